The van der Waals surface area contributed by atoms with E-state index in [9.17, 15) is 4.79 Å². The third-order valence-corrected chi connectivity index (χ3v) is 2.25. The maximum absolute atomic E-state index is 10.3. The molecule has 0 amide bonds. The molecule has 0 radical (unpaired) electrons. The van der Waals surface area contributed by atoms with Gasteiger partial charge in [-0.1, -0.05) is 12.7 Å². The summed E-state index contributed by atoms with van der Waals surface area (Å²) in [5.41, 5.74) is 0.928. The van der Waals surface area contributed by atoms with E-state index < -0.39 is 5.97 Å². The van der Waals surface area contributed by atoms with Crippen molar-refractivity contribution in [3.05, 3.63) is 28.5 Å². The number of carbonyl (C=O) groups is 1. The Hall–Kier alpha value is -1.09. The molecule has 1 aromatic heterocycles. The SMILES string of the molecule is C=Cc1ccsc1CC(=O)O. The van der Waals surface area contributed by atoms with Crippen LogP contribution in [0.4, 0.5) is 0 Å². The van der Waals surface area contributed by atoms with Gasteiger partial charge in [0, 0.05) is 4.88 Å². The molecule has 3 heteroatoms. The third kappa shape index (κ3) is 1.91. The van der Waals surface area contributed by atoms with Crippen LogP contribution in [0.1, 0.15) is 10.4 Å². The summed E-state index contributed by atoms with van der Waals surface area (Å²) >= 11 is 1.45. The first-order chi connectivity index (χ1) is 5.24. The largest absolute Gasteiger partial charge is 0.481 e. The second-order valence-electron chi connectivity index (χ2n) is 2.07. The zero-order valence-corrected chi connectivity index (χ0v) is 6.73. The zero-order valence-electron chi connectivity index (χ0n) is 5.91. The highest BCUT2D eigenvalue weighted by molar-refractivity contribution is 7.10. The van der Waals surface area contributed by atoms with Crippen LogP contribution in [0.25, 0.3) is 6.08 Å². The van der Waals surface area contributed by atoms with E-state index in [-0.39, 0.29) is 6.42 Å². The molecular weight excluding hydrogens is 160 g/mol. The Morgan fingerprint density at radius 2 is 2.55 bits per heavy atom. The van der Waals surface area contributed by atoms with Gasteiger partial charge < -0.3 is 5.11 Å². The van der Waals surface area contributed by atoms with E-state index in [1.807, 2.05) is 11.4 Å². The second kappa shape index (κ2) is 3.34. The molecule has 2 nitrogen and oxygen atoms in total. The van der Waals surface area contributed by atoms with Crippen LogP contribution in [0.15, 0.2) is 18.0 Å². The summed E-state index contributed by atoms with van der Waals surface area (Å²) in [6.07, 6.45) is 1.77. The van der Waals surface area contributed by atoms with Gasteiger partial charge >= 0.3 is 5.97 Å². The summed E-state index contributed by atoms with van der Waals surface area (Å²) < 4.78 is 0. The molecule has 0 spiro atoms. The minimum atomic E-state index is -0.796. The Kier molecular flexibility index (Phi) is 2.44. The Morgan fingerprint density at radius 3 is 3.09 bits per heavy atom. The quantitative estimate of drug-likeness (QED) is 0.749. The molecule has 0 saturated heterocycles. The normalized spacial score (nSPS) is 9.45. The summed E-state index contributed by atoms with van der Waals surface area (Å²) in [4.78, 5) is 11.2. The van der Waals surface area contributed by atoms with Crippen molar-refractivity contribution in [2.24, 2.45) is 0 Å². The van der Waals surface area contributed by atoms with Crippen LogP contribution in [-0.2, 0) is 11.2 Å². The van der Waals surface area contributed by atoms with Crippen molar-refractivity contribution >= 4 is 23.4 Å². The molecule has 0 saturated carbocycles. The van der Waals surface area contributed by atoms with Gasteiger partial charge in [0.2, 0.25) is 0 Å². The molecule has 0 unspecified atom stereocenters. The van der Waals surface area contributed by atoms with E-state index in [2.05, 4.69) is 6.58 Å². The van der Waals surface area contributed by atoms with Gasteiger partial charge in [-0.05, 0) is 17.0 Å². The number of hydrogen-bond donors (Lipinski definition) is 1. The monoisotopic (exact) mass is 168 g/mol. The van der Waals surface area contributed by atoms with Gasteiger partial charge in [0.15, 0.2) is 0 Å². The molecule has 0 bridgehead atoms. The minimum absolute atomic E-state index is 0.0962. The fourth-order valence-electron chi connectivity index (χ4n) is 0.813. The molecule has 0 aliphatic rings. The third-order valence-electron chi connectivity index (χ3n) is 1.31. The molecule has 0 fully saturated rings. The van der Waals surface area contributed by atoms with Gasteiger partial charge in [0.05, 0.1) is 6.42 Å². The lowest BCUT2D eigenvalue weighted by atomic mass is 10.2. The van der Waals surface area contributed by atoms with Crippen molar-refractivity contribution in [3.63, 3.8) is 0 Å². The van der Waals surface area contributed by atoms with Gasteiger partial charge in [-0.25, -0.2) is 0 Å². The molecular formula is C8H8O2S. The van der Waals surface area contributed by atoms with Crippen LogP contribution in [0, 0.1) is 0 Å². The molecule has 0 aromatic carbocycles. The van der Waals surface area contributed by atoms with Gasteiger partial charge in [-0.3, -0.25) is 4.79 Å². The Morgan fingerprint density at radius 1 is 1.82 bits per heavy atom. The topological polar surface area (TPSA) is 37.3 Å². The van der Waals surface area contributed by atoms with E-state index in [1.54, 1.807) is 6.08 Å². The van der Waals surface area contributed by atoms with E-state index in [0.29, 0.717) is 0 Å². The molecule has 11 heavy (non-hydrogen) atoms. The van der Waals surface area contributed by atoms with Gasteiger partial charge in [-0.2, -0.15) is 0 Å². The number of rotatable bonds is 3. The summed E-state index contributed by atoms with van der Waals surface area (Å²) in [7, 11) is 0. The predicted molar refractivity (Wildman–Crippen MR) is 45.7 cm³/mol. The van der Waals surface area contributed by atoms with Crippen molar-refractivity contribution < 1.29 is 9.90 Å². The Balaban J connectivity index is 2.84. The molecule has 0 atom stereocenters. The lowest BCUT2D eigenvalue weighted by Gasteiger charge is -1.92. The van der Waals surface area contributed by atoms with Crippen LogP contribution < -0.4 is 0 Å². The maximum atomic E-state index is 10.3. The van der Waals surface area contributed by atoms with Crippen LogP contribution in [-0.4, -0.2) is 11.1 Å². The van der Waals surface area contributed by atoms with Gasteiger partial charge in [0.1, 0.15) is 0 Å². The number of aliphatic carboxylic acids is 1. The maximum Gasteiger partial charge on any atom is 0.308 e. The molecule has 1 rings (SSSR count). The zero-order chi connectivity index (χ0) is 8.27. The molecule has 1 aromatic rings. The van der Waals surface area contributed by atoms with Crippen molar-refractivity contribution in [1.82, 2.24) is 0 Å². The highest BCUT2D eigenvalue weighted by atomic mass is 32.1. The second-order valence-corrected chi connectivity index (χ2v) is 3.07. The average molecular weight is 168 g/mol. The lowest BCUT2D eigenvalue weighted by molar-refractivity contribution is -0.136. The number of thiophene rings is 1. The predicted octanol–water partition coefficient (Wildman–Crippen LogP) is 2.02. The Labute approximate surface area is 68.8 Å². The van der Waals surface area contributed by atoms with E-state index in [0.717, 1.165) is 10.4 Å². The van der Waals surface area contributed by atoms with Crippen molar-refractivity contribution in [2.45, 2.75) is 6.42 Å². The average Bonchev–Trinajstić information content (AvgIpc) is 2.34. The van der Waals surface area contributed by atoms with Crippen molar-refractivity contribution in [1.29, 1.82) is 0 Å². The van der Waals surface area contributed by atoms with Crippen LogP contribution >= 0.6 is 11.3 Å². The Bertz CT molecular complexity index is 275. The van der Waals surface area contributed by atoms with E-state index >= 15 is 0 Å². The first-order valence-corrected chi connectivity index (χ1v) is 4.02. The fraction of sp³-hybridized carbons (Fsp3) is 0.125. The van der Waals surface area contributed by atoms with Gasteiger partial charge in [0.25, 0.3) is 0 Å². The summed E-state index contributed by atoms with van der Waals surface area (Å²) in [6, 6.07) is 1.87. The number of hydrogen-bond acceptors (Lipinski definition) is 2. The van der Waals surface area contributed by atoms with Crippen molar-refractivity contribution in [3.8, 4) is 0 Å². The first kappa shape index (κ1) is 8.01. The summed E-state index contributed by atoms with van der Waals surface area (Å²) in [5.74, 6) is -0.796. The fourth-order valence-corrected chi connectivity index (χ4v) is 1.69. The molecule has 0 aliphatic carbocycles. The summed E-state index contributed by atoms with van der Waals surface area (Å²) in [6.45, 7) is 3.58. The molecule has 58 valence electrons. The van der Waals surface area contributed by atoms with Crippen LogP contribution in [0.5, 0.6) is 0 Å². The molecule has 1 N–H and O–H groups in total. The smallest absolute Gasteiger partial charge is 0.308 e. The number of carboxylic acid groups (broad SMARTS) is 1. The van der Waals surface area contributed by atoms with Crippen LogP contribution in [0.2, 0.25) is 0 Å². The van der Waals surface area contributed by atoms with Crippen molar-refractivity contribution in [2.75, 3.05) is 0 Å². The standard InChI is InChI=1S/C8H8O2S/c1-2-6-3-4-11-7(6)5-8(9)10/h2-4H,1,5H2,(H,9,10). The highest BCUT2D eigenvalue weighted by Crippen LogP contribution is 2.18. The molecule has 0 aliphatic heterocycles. The number of carboxylic acids is 1. The minimum Gasteiger partial charge on any atom is -0.481 e. The van der Waals surface area contributed by atoms with Crippen LogP contribution in [0.3, 0.4) is 0 Å². The lowest BCUT2D eigenvalue weighted by Crippen LogP contribution is -1.98. The summed E-state index contributed by atoms with van der Waals surface area (Å²) in [5, 5.41) is 10.3. The highest BCUT2D eigenvalue weighted by Gasteiger charge is 2.04. The van der Waals surface area contributed by atoms with E-state index in [4.69, 9.17) is 5.11 Å². The molecule has 1 heterocycles. The van der Waals surface area contributed by atoms with Gasteiger partial charge in [-0.15, -0.1) is 11.3 Å². The van der Waals surface area contributed by atoms with E-state index in [1.165, 1.54) is 11.3 Å². The first-order valence-electron chi connectivity index (χ1n) is 3.14.